The van der Waals surface area contributed by atoms with E-state index >= 15 is 0 Å². The van der Waals surface area contributed by atoms with Gasteiger partial charge in [-0.2, -0.15) is 4.31 Å². The van der Waals surface area contributed by atoms with Crippen LogP contribution >= 0.6 is 0 Å². The van der Waals surface area contributed by atoms with Crippen molar-refractivity contribution in [2.45, 2.75) is 37.1 Å². The van der Waals surface area contributed by atoms with Crippen molar-refractivity contribution in [3.8, 4) is 11.4 Å². The lowest BCUT2D eigenvalue weighted by atomic mass is 10.1. The fourth-order valence-electron chi connectivity index (χ4n) is 4.37. The number of sulfonamides is 1. The van der Waals surface area contributed by atoms with E-state index in [4.69, 9.17) is 4.74 Å². The van der Waals surface area contributed by atoms with Crippen molar-refractivity contribution in [1.29, 1.82) is 0 Å². The summed E-state index contributed by atoms with van der Waals surface area (Å²) < 4.78 is 48.9. The van der Waals surface area contributed by atoms with Crippen LogP contribution in [-0.2, 0) is 27.7 Å². The molecular weight excluding hydrogens is 473 g/mol. The van der Waals surface area contributed by atoms with Gasteiger partial charge in [-0.15, -0.1) is 10.2 Å². The minimum atomic E-state index is -3.86. The van der Waals surface area contributed by atoms with Crippen molar-refractivity contribution in [2.24, 2.45) is 0 Å². The summed E-state index contributed by atoms with van der Waals surface area (Å²) in [6, 6.07) is 10.3. The number of ether oxygens (including phenoxy) is 1. The molecule has 1 N–H and O–H groups in total. The second-order valence-corrected chi connectivity index (χ2v) is 10.5. The van der Waals surface area contributed by atoms with Crippen LogP contribution < -0.4 is 5.32 Å². The number of nitrogens with one attached hydrogen (secondary N) is 1. The van der Waals surface area contributed by atoms with Gasteiger partial charge >= 0.3 is 0 Å². The normalized spacial score (nSPS) is 16.9. The monoisotopic (exact) mass is 499 g/mol. The van der Waals surface area contributed by atoms with Crippen LogP contribution in [0.2, 0.25) is 0 Å². The van der Waals surface area contributed by atoms with Crippen molar-refractivity contribution < 1.29 is 22.3 Å². The first-order valence-electron chi connectivity index (χ1n) is 11.6. The smallest absolute Gasteiger partial charge is 0.258 e. The van der Waals surface area contributed by atoms with E-state index < -0.39 is 21.7 Å². The number of benzene rings is 2. The number of fused-ring (bicyclic) bond motifs is 1. The van der Waals surface area contributed by atoms with Crippen LogP contribution in [-0.4, -0.2) is 59.7 Å². The lowest BCUT2D eigenvalue weighted by Crippen LogP contribution is -2.40. The summed E-state index contributed by atoms with van der Waals surface area (Å²) in [6.07, 6.45) is 4.26. The lowest BCUT2D eigenvalue weighted by Gasteiger charge is -2.26. The van der Waals surface area contributed by atoms with Gasteiger partial charge in [0.05, 0.1) is 23.7 Å². The lowest BCUT2D eigenvalue weighted by molar-refractivity contribution is 0.0730. The molecule has 184 valence electrons. The largest absolute Gasteiger partial charge is 0.379 e. The Bertz CT molecular complexity index is 1330. The fraction of sp³-hybridized carbons (Fsp3) is 0.375. The predicted molar refractivity (Wildman–Crippen MR) is 127 cm³/mol. The molecule has 0 saturated carbocycles. The molecule has 0 aliphatic carbocycles. The zero-order valence-electron chi connectivity index (χ0n) is 19.1. The number of aromatic nitrogens is 3. The molecule has 3 heterocycles. The summed E-state index contributed by atoms with van der Waals surface area (Å²) in [5, 5.41) is 11.3. The molecule has 0 spiro atoms. The Hall–Kier alpha value is -3.15. The first-order valence-corrected chi connectivity index (χ1v) is 13.1. The van der Waals surface area contributed by atoms with E-state index in [1.165, 1.54) is 16.8 Å². The SMILES string of the molecule is O=C(Nc1ccc(-c2nnc3n2CCCCC3)cc1)c1cc(S(=O)(=O)N2CCOCC2)ccc1F. The molecule has 9 nitrogen and oxygen atoms in total. The van der Waals surface area contributed by atoms with Gasteiger partial charge in [0.25, 0.3) is 5.91 Å². The van der Waals surface area contributed by atoms with E-state index in [9.17, 15) is 17.6 Å². The molecule has 1 fully saturated rings. The molecule has 0 bridgehead atoms. The number of hydrogen-bond acceptors (Lipinski definition) is 6. The molecule has 0 unspecified atom stereocenters. The first-order chi connectivity index (χ1) is 16.9. The van der Waals surface area contributed by atoms with Crippen LogP contribution in [0.25, 0.3) is 11.4 Å². The van der Waals surface area contributed by atoms with Crippen LogP contribution in [0.4, 0.5) is 10.1 Å². The molecular formula is C24H26FN5O4S. The van der Waals surface area contributed by atoms with E-state index in [2.05, 4.69) is 20.1 Å². The highest BCUT2D eigenvalue weighted by atomic mass is 32.2. The fourth-order valence-corrected chi connectivity index (χ4v) is 5.81. The second-order valence-electron chi connectivity index (χ2n) is 8.59. The summed E-state index contributed by atoms with van der Waals surface area (Å²) in [4.78, 5) is 12.7. The highest BCUT2D eigenvalue weighted by molar-refractivity contribution is 7.89. The van der Waals surface area contributed by atoms with E-state index in [0.29, 0.717) is 18.9 Å². The quantitative estimate of drug-likeness (QED) is 0.578. The summed E-state index contributed by atoms with van der Waals surface area (Å²) in [5.74, 6) is 0.237. The summed E-state index contributed by atoms with van der Waals surface area (Å²) in [7, 11) is -3.86. The summed E-state index contributed by atoms with van der Waals surface area (Å²) in [5.41, 5.74) is 0.981. The number of morpholine rings is 1. The van der Waals surface area contributed by atoms with Crippen LogP contribution in [0.15, 0.2) is 47.4 Å². The minimum absolute atomic E-state index is 0.131. The van der Waals surface area contributed by atoms with Gasteiger partial charge < -0.3 is 14.6 Å². The summed E-state index contributed by atoms with van der Waals surface area (Å²) >= 11 is 0. The molecule has 2 aliphatic heterocycles. The molecule has 3 aromatic rings. The Morgan fingerprint density at radius 2 is 1.74 bits per heavy atom. The van der Waals surface area contributed by atoms with E-state index in [1.807, 2.05) is 12.1 Å². The maximum atomic E-state index is 14.5. The highest BCUT2D eigenvalue weighted by Gasteiger charge is 2.28. The molecule has 35 heavy (non-hydrogen) atoms. The van der Waals surface area contributed by atoms with Gasteiger partial charge in [-0.3, -0.25) is 4.79 Å². The third-order valence-corrected chi connectivity index (χ3v) is 8.20. The first kappa shape index (κ1) is 23.6. The molecule has 1 aromatic heterocycles. The average molecular weight is 500 g/mol. The molecule has 0 atom stereocenters. The predicted octanol–water partition coefficient (Wildman–Crippen LogP) is 3.08. The third-order valence-electron chi connectivity index (χ3n) is 6.30. The maximum absolute atomic E-state index is 14.5. The van der Waals surface area contributed by atoms with Gasteiger partial charge in [-0.05, 0) is 55.3 Å². The van der Waals surface area contributed by atoms with Crippen molar-refractivity contribution in [3.05, 3.63) is 59.7 Å². The molecule has 2 aliphatic rings. The number of hydrogen-bond donors (Lipinski definition) is 1. The Morgan fingerprint density at radius 1 is 0.971 bits per heavy atom. The van der Waals surface area contributed by atoms with E-state index in [0.717, 1.165) is 55.2 Å². The number of halogens is 1. The Balaban J connectivity index is 1.34. The van der Waals surface area contributed by atoms with Crippen molar-refractivity contribution in [2.75, 3.05) is 31.6 Å². The zero-order valence-corrected chi connectivity index (χ0v) is 19.9. The number of carbonyl (C=O) groups excluding carboxylic acids is 1. The van der Waals surface area contributed by atoms with Gasteiger partial charge in [0.15, 0.2) is 5.82 Å². The topological polar surface area (TPSA) is 106 Å². The Labute approximate surface area is 203 Å². The minimum Gasteiger partial charge on any atom is -0.379 e. The van der Waals surface area contributed by atoms with E-state index in [-0.39, 0.29) is 23.5 Å². The van der Waals surface area contributed by atoms with Gasteiger partial charge in [-0.25, -0.2) is 12.8 Å². The standard InChI is InChI=1S/C24H26FN5O4S/c25-21-10-9-19(35(32,33)29-12-14-34-15-13-29)16-20(21)24(31)26-18-7-5-17(6-8-18)23-28-27-22-4-2-1-3-11-30(22)23/h5-10,16H,1-4,11-15H2,(H,26,31). The van der Waals surface area contributed by atoms with Gasteiger partial charge in [0, 0.05) is 37.3 Å². The molecule has 5 rings (SSSR count). The van der Waals surface area contributed by atoms with Crippen LogP contribution in [0, 0.1) is 5.82 Å². The maximum Gasteiger partial charge on any atom is 0.258 e. The number of anilines is 1. The van der Waals surface area contributed by atoms with Crippen molar-refractivity contribution in [3.63, 3.8) is 0 Å². The number of rotatable bonds is 5. The molecule has 1 amide bonds. The summed E-state index contributed by atoms with van der Waals surface area (Å²) in [6.45, 7) is 1.88. The molecule has 2 aromatic carbocycles. The van der Waals surface area contributed by atoms with E-state index in [1.54, 1.807) is 12.1 Å². The average Bonchev–Trinajstić information content (AvgIpc) is 3.13. The van der Waals surface area contributed by atoms with Gasteiger partial charge in [0.1, 0.15) is 11.6 Å². The third kappa shape index (κ3) is 4.84. The van der Waals surface area contributed by atoms with Gasteiger partial charge in [0.2, 0.25) is 10.0 Å². The molecule has 1 saturated heterocycles. The Kier molecular flexibility index (Phi) is 6.63. The zero-order chi connectivity index (χ0) is 24.4. The van der Waals surface area contributed by atoms with Crippen LogP contribution in [0.1, 0.15) is 35.4 Å². The number of nitrogens with zero attached hydrogens (tertiary/aromatic N) is 4. The number of carbonyl (C=O) groups is 1. The second kappa shape index (κ2) is 9.84. The van der Waals surface area contributed by atoms with Crippen molar-refractivity contribution >= 4 is 21.6 Å². The Morgan fingerprint density at radius 3 is 2.51 bits per heavy atom. The van der Waals surface area contributed by atoms with Crippen molar-refractivity contribution in [1.82, 2.24) is 19.1 Å². The number of aryl methyl sites for hydroxylation is 1. The molecule has 0 radical (unpaired) electrons. The molecule has 11 heteroatoms. The van der Waals surface area contributed by atoms with Crippen LogP contribution in [0.3, 0.4) is 0 Å². The number of amides is 1. The highest BCUT2D eigenvalue weighted by Crippen LogP contribution is 2.25. The van der Waals surface area contributed by atoms with Crippen LogP contribution in [0.5, 0.6) is 0 Å². The van der Waals surface area contributed by atoms with Gasteiger partial charge in [-0.1, -0.05) is 6.42 Å².